The van der Waals surface area contributed by atoms with Gasteiger partial charge in [-0.15, -0.1) is 0 Å². The Kier molecular flexibility index (Phi) is 4.96. The largest absolute Gasteiger partial charge is 0.497 e. The number of ether oxygens (including phenoxy) is 1. The second-order valence-corrected chi connectivity index (χ2v) is 7.15. The lowest BCUT2D eigenvalue weighted by atomic mass is 10.2. The van der Waals surface area contributed by atoms with Crippen LogP contribution in [-0.4, -0.2) is 15.5 Å². The van der Waals surface area contributed by atoms with Crippen molar-refractivity contribution in [2.45, 2.75) is 4.90 Å². The van der Waals surface area contributed by atoms with Gasteiger partial charge in [0.25, 0.3) is 10.0 Å². The molecule has 0 saturated carbocycles. The zero-order chi connectivity index (χ0) is 16.3. The molecule has 0 aliphatic carbocycles. The van der Waals surface area contributed by atoms with Gasteiger partial charge in [-0.05, 0) is 52.3 Å². The Labute approximate surface area is 141 Å². The van der Waals surface area contributed by atoms with E-state index in [1.54, 1.807) is 0 Å². The topological polar surface area (TPSA) is 79.2 Å². The van der Waals surface area contributed by atoms with Gasteiger partial charge < -0.3 is 4.74 Å². The molecule has 0 unspecified atom stereocenters. The third-order valence-electron chi connectivity index (χ3n) is 2.77. The number of nitrogens with zero attached hydrogens (tertiary/aromatic N) is 1. The van der Waals surface area contributed by atoms with Gasteiger partial charge in [-0.25, -0.2) is 8.42 Å². The van der Waals surface area contributed by atoms with E-state index in [0.29, 0.717) is 15.2 Å². The number of hydrogen-bond donors (Lipinski definition) is 1. The fourth-order valence-electron chi connectivity index (χ4n) is 1.72. The Morgan fingerprint density at radius 2 is 2.00 bits per heavy atom. The molecule has 0 atom stereocenters. The first-order valence-corrected chi connectivity index (χ1v) is 8.59. The molecule has 0 spiro atoms. The molecule has 2 aromatic carbocycles. The van der Waals surface area contributed by atoms with Crippen LogP contribution in [0.5, 0.6) is 5.75 Å². The van der Waals surface area contributed by atoms with E-state index in [2.05, 4.69) is 20.7 Å². The minimum atomic E-state index is -3.88. The van der Waals surface area contributed by atoms with E-state index < -0.39 is 10.0 Å². The first kappa shape index (κ1) is 16.6. The summed E-state index contributed by atoms with van der Waals surface area (Å²) in [5.41, 5.74) is 0.301. The van der Waals surface area contributed by atoms with Crippen molar-refractivity contribution < 1.29 is 13.2 Å². The fraction of sp³-hybridized carbons (Fsp3) is 0.0714. The van der Waals surface area contributed by atoms with Gasteiger partial charge in [-0.3, -0.25) is 4.72 Å². The predicted molar refractivity (Wildman–Crippen MR) is 87.7 cm³/mol. The zero-order valence-corrected chi connectivity index (χ0v) is 14.5. The molecule has 0 aromatic heterocycles. The Balaban J connectivity index is 2.45. The minimum absolute atomic E-state index is 0.0252. The highest BCUT2D eigenvalue weighted by molar-refractivity contribution is 9.10. The maximum Gasteiger partial charge on any atom is 0.263 e. The Bertz CT molecular complexity index is 863. The molecule has 0 bridgehead atoms. The second kappa shape index (κ2) is 6.57. The summed E-state index contributed by atoms with van der Waals surface area (Å²) in [6.45, 7) is 0. The quantitative estimate of drug-likeness (QED) is 0.845. The summed E-state index contributed by atoms with van der Waals surface area (Å²) >= 11 is 9.05. The van der Waals surface area contributed by atoms with E-state index in [4.69, 9.17) is 21.6 Å². The SMILES string of the molecule is COc1ccc(S(=O)(=O)Nc2cc(Cl)ccc2C#N)c(Br)c1. The highest BCUT2D eigenvalue weighted by Crippen LogP contribution is 2.29. The minimum Gasteiger partial charge on any atom is -0.497 e. The third-order valence-corrected chi connectivity index (χ3v) is 5.35. The van der Waals surface area contributed by atoms with Gasteiger partial charge in [0.2, 0.25) is 0 Å². The number of nitriles is 1. The van der Waals surface area contributed by atoms with Crippen molar-refractivity contribution in [3.05, 3.63) is 51.5 Å². The molecule has 1 N–H and O–H groups in total. The lowest BCUT2D eigenvalue weighted by Crippen LogP contribution is -2.14. The number of rotatable bonds is 4. The number of nitrogens with one attached hydrogen (secondary N) is 1. The van der Waals surface area contributed by atoms with Gasteiger partial charge in [0.15, 0.2) is 0 Å². The first-order valence-electron chi connectivity index (χ1n) is 5.93. The van der Waals surface area contributed by atoms with E-state index in [1.165, 1.54) is 43.5 Å². The molecule has 2 rings (SSSR count). The fourth-order valence-corrected chi connectivity index (χ4v) is 4.03. The maximum atomic E-state index is 12.5. The summed E-state index contributed by atoms with van der Waals surface area (Å²) in [4.78, 5) is 0.0252. The van der Waals surface area contributed by atoms with Crippen LogP contribution >= 0.6 is 27.5 Å². The normalized spacial score (nSPS) is 10.8. The molecular formula is C14H10BrClN2O3S. The van der Waals surface area contributed by atoms with Crippen LogP contribution in [0, 0.1) is 11.3 Å². The molecule has 0 aliphatic rings. The maximum absolute atomic E-state index is 12.5. The Hall–Kier alpha value is -1.75. The summed E-state index contributed by atoms with van der Waals surface area (Å²) < 4.78 is 32.7. The number of sulfonamides is 1. The van der Waals surface area contributed by atoms with E-state index in [-0.39, 0.29) is 16.1 Å². The second-order valence-electron chi connectivity index (χ2n) is 4.20. The van der Waals surface area contributed by atoms with Crippen LogP contribution in [0.3, 0.4) is 0 Å². The molecular weight excluding hydrogens is 392 g/mol. The van der Waals surface area contributed by atoms with E-state index in [9.17, 15) is 8.42 Å². The van der Waals surface area contributed by atoms with Crippen LogP contribution in [0.1, 0.15) is 5.56 Å². The summed E-state index contributed by atoms with van der Waals surface area (Å²) in [5, 5.41) is 9.37. The molecule has 0 fully saturated rings. The van der Waals surface area contributed by atoms with Crippen molar-refractivity contribution in [3.8, 4) is 11.8 Å². The number of anilines is 1. The van der Waals surface area contributed by atoms with Crippen molar-refractivity contribution in [3.63, 3.8) is 0 Å². The van der Waals surface area contributed by atoms with Crippen molar-refractivity contribution in [2.75, 3.05) is 11.8 Å². The first-order chi connectivity index (χ1) is 10.4. The van der Waals surface area contributed by atoms with Crippen LogP contribution in [0.4, 0.5) is 5.69 Å². The summed E-state index contributed by atoms with van der Waals surface area (Å²) in [5.74, 6) is 0.520. The third kappa shape index (κ3) is 3.53. The average Bonchev–Trinajstić information content (AvgIpc) is 2.46. The van der Waals surface area contributed by atoms with Gasteiger partial charge in [-0.2, -0.15) is 5.26 Å². The molecule has 114 valence electrons. The van der Waals surface area contributed by atoms with Crippen LogP contribution in [0.25, 0.3) is 0 Å². The van der Waals surface area contributed by atoms with Gasteiger partial charge in [0.05, 0.1) is 18.4 Å². The monoisotopic (exact) mass is 400 g/mol. The van der Waals surface area contributed by atoms with Crippen molar-refractivity contribution >= 4 is 43.2 Å². The van der Waals surface area contributed by atoms with Crippen molar-refractivity contribution in [1.29, 1.82) is 5.26 Å². The van der Waals surface area contributed by atoms with Gasteiger partial charge in [-0.1, -0.05) is 11.6 Å². The van der Waals surface area contributed by atoms with E-state index in [0.717, 1.165) is 0 Å². The van der Waals surface area contributed by atoms with E-state index >= 15 is 0 Å². The van der Waals surface area contributed by atoms with Crippen LogP contribution in [0.15, 0.2) is 45.8 Å². The average molecular weight is 402 g/mol. The number of halogens is 2. The standard InChI is InChI=1S/C14H10BrClN2O3S/c1-21-11-4-5-14(12(15)7-11)22(19,20)18-13-6-10(16)3-2-9(13)8-17/h2-7,18H,1H3. The van der Waals surface area contributed by atoms with Crippen LogP contribution < -0.4 is 9.46 Å². The van der Waals surface area contributed by atoms with Crippen LogP contribution in [0.2, 0.25) is 5.02 Å². The number of methoxy groups -OCH3 is 1. The smallest absolute Gasteiger partial charge is 0.263 e. The van der Waals surface area contributed by atoms with E-state index in [1.807, 2.05) is 6.07 Å². The molecule has 2 aromatic rings. The number of hydrogen-bond acceptors (Lipinski definition) is 4. The summed E-state index contributed by atoms with van der Waals surface area (Å²) in [6, 6.07) is 10.7. The lowest BCUT2D eigenvalue weighted by molar-refractivity contribution is 0.414. The number of benzene rings is 2. The van der Waals surface area contributed by atoms with Crippen LogP contribution in [-0.2, 0) is 10.0 Å². The highest BCUT2D eigenvalue weighted by Gasteiger charge is 2.20. The molecule has 0 aliphatic heterocycles. The summed E-state index contributed by atoms with van der Waals surface area (Å²) in [6.07, 6.45) is 0. The predicted octanol–water partition coefficient (Wildman–Crippen LogP) is 3.78. The lowest BCUT2D eigenvalue weighted by Gasteiger charge is -2.12. The Morgan fingerprint density at radius 1 is 1.27 bits per heavy atom. The molecule has 0 saturated heterocycles. The van der Waals surface area contributed by atoms with Crippen molar-refractivity contribution in [2.24, 2.45) is 0 Å². The van der Waals surface area contributed by atoms with Gasteiger partial charge in [0.1, 0.15) is 16.7 Å². The van der Waals surface area contributed by atoms with Gasteiger partial charge >= 0.3 is 0 Å². The molecule has 0 heterocycles. The van der Waals surface area contributed by atoms with Crippen molar-refractivity contribution in [1.82, 2.24) is 0 Å². The molecule has 5 nitrogen and oxygen atoms in total. The summed E-state index contributed by atoms with van der Waals surface area (Å²) in [7, 11) is -2.40. The van der Waals surface area contributed by atoms with Gasteiger partial charge in [0, 0.05) is 9.50 Å². The molecule has 22 heavy (non-hydrogen) atoms. The zero-order valence-electron chi connectivity index (χ0n) is 11.3. The highest BCUT2D eigenvalue weighted by atomic mass is 79.9. The molecule has 8 heteroatoms. The Morgan fingerprint density at radius 3 is 2.59 bits per heavy atom. The molecule has 0 radical (unpaired) electrons. The molecule has 0 amide bonds.